The molecule has 0 aromatic heterocycles. The fraction of sp³-hybridized carbons (Fsp3) is 0.625. The Morgan fingerprint density at radius 2 is 1.85 bits per heavy atom. The molecule has 1 aliphatic rings. The van der Waals surface area contributed by atoms with Gasteiger partial charge in [0.05, 0.1) is 13.2 Å². The molecule has 1 N–H and O–H groups in total. The van der Waals surface area contributed by atoms with E-state index >= 15 is 0 Å². The first-order valence-electron chi connectivity index (χ1n) is 7.65. The second-order valence-corrected chi connectivity index (χ2v) is 4.98. The summed E-state index contributed by atoms with van der Waals surface area (Å²) in [7, 11) is 0. The van der Waals surface area contributed by atoms with Crippen LogP contribution < -0.4 is 14.8 Å². The number of benzene rings is 1. The van der Waals surface area contributed by atoms with Crippen molar-refractivity contribution in [1.82, 2.24) is 10.2 Å². The maximum Gasteiger partial charge on any atom is 0.126 e. The summed E-state index contributed by atoms with van der Waals surface area (Å²) in [5, 5.41) is 3.38. The van der Waals surface area contributed by atoms with E-state index in [-0.39, 0.29) is 0 Å². The van der Waals surface area contributed by atoms with Crippen molar-refractivity contribution in [3.63, 3.8) is 0 Å². The Balaban J connectivity index is 1.97. The molecule has 0 amide bonds. The third-order valence-electron chi connectivity index (χ3n) is 3.56. The summed E-state index contributed by atoms with van der Waals surface area (Å²) in [5.74, 6) is 1.86. The predicted molar refractivity (Wildman–Crippen MR) is 81.8 cm³/mol. The van der Waals surface area contributed by atoms with Crippen LogP contribution in [-0.2, 0) is 6.42 Å². The molecule has 0 saturated carbocycles. The van der Waals surface area contributed by atoms with Crippen LogP contribution in [0.5, 0.6) is 11.5 Å². The maximum atomic E-state index is 5.75. The molecule has 1 aromatic rings. The molecule has 1 fully saturated rings. The van der Waals surface area contributed by atoms with E-state index in [1.165, 1.54) is 5.56 Å². The number of piperazine rings is 1. The number of rotatable bonds is 7. The Morgan fingerprint density at radius 3 is 2.55 bits per heavy atom. The molecule has 0 radical (unpaired) electrons. The van der Waals surface area contributed by atoms with Gasteiger partial charge in [0.15, 0.2) is 0 Å². The van der Waals surface area contributed by atoms with E-state index in [2.05, 4.69) is 16.3 Å². The van der Waals surface area contributed by atoms with Gasteiger partial charge in [-0.1, -0.05) is 6.07 Å². The molecule has 1 aromatic carbocycles. The van der Waals surface area contributed by atoms with Crippen LogP contribution in [0.1, 0.15) is 19.4 Å². The average molecular weight is 278 g/mol. The van der Waals surface area contributed by atoms with Crippen molar-refractivity contribution in [3.05, 3.63) is 23.8 Å². The molecule has 20 heavy (non-hydrogen) atoms. The van der Waals surface area contributed by atoms with Gasteiger partial charge in [-0.3, -0.25) is 0 Å². The average Bonchev–Trinajstić information content (AvgIpc) is 2.48. The molecule has 1 aliphatic heterocycles. The summed E-state index contributed by atoms with van der Waals surface area (Å²) in [4.78, 5) is 2.50. The first-order valence-corrected chi connectivity index (χ1v) is 7.65. The third-order valence-corrected chi connectivity index (χ3v) is 3.56. The SMILES string of the molecule is CCOc1ccc(CCN2CCNCC2)c(OCC)c1. The summed E-state index contributed by atoms with van der Waals surface area (Å²) in [6.45, 7) is 11.0. The van der Waals surface area contributed by atoms with E-state index in [1.54, 1.807) is 0 Å². The van der Waals surface area contributed by atoms with Crippen molar-refractivity contribution in [2.45, 2.75) is 20.3 Å². The van der Waals surface area contributed by atoms with Gasteiger partial charge in [-0.2, -0.15) is 0 Å². The molecule has 0 aliphatic carbocycles. The smallest absolute Gasteiger partial charge is 0.126 e. The Bertz CT molecular complexity index is 403. The monoisotopic (exact) mass is 278 g/mol. The van der Waals surface area contributed by atoms with E-state index in [0.717, 1.165) is 50.6 Å². The van der Waals surface area contributed by atoms with Gasteiger partial charge in [0, 0.05) is 38.8 Å². The molecular weight excluding hydrogens is 252 g/mol. The highest BCUT2D eigenvalue weighted by atomic mass is 16.5. The quantitative estimate of drug-likeness (QED) is 0.826. The molecule has 1 heterocycles. The number of hydrogen-bond donors (Lipinski definition) is 1. The molecule has 0 bridgehead atoms. The minimum absolute atomic E-state index is 0.686. The predicted octanol–water partition coefficient (Wildman–Crippen LogP) is 1.93. The first-order chi connectivity index (χ1) is 9.83. The van der Waals surface area contributed by atoms with Crippen molar-refractivity contribution >= 4 is 0 Å². The van der Waals surface area contributed by atoms with Crippen molar-refractivity contribution in [2.75, 3.05) is 45.9 Å². The van der Waals surface area contributed by atoms with Gasteiger partial charge in [-0.25, -0.2) is 0 Å². The van der Waals surface area contributed by atoms with Gasteiger partial charge >= 0.3 is 0 Å². The molecule has 0 unspecified atom stereocenters. The molecule has 1 saturated heterocycles. The van der Waals surface area contributed by atoms with Gasteiger partial charge in [0.1, 0.15) is 11.5 Å². The van der Waals surface area contributed by atoms with Crippen LogP contribution in [0.3, 0.4) is 0 Å². The Kier molecular flexibility index (Phi) is 6.15. The van der Waals surface area contributed by atoms with Crippen LogP contribution in [0.25, 0.3) is 0 Å². The number of hydrogen-bond acceptors (Lipinski definition) is 4. The van der Waals surface area contributed by atoms with Gasteiger partial charge in [0.2, 0.25) is 0 Å². The normalized spacial score (nSPS) is 16.1. The molecule has 4 heteroatoms. The zero-order valence-electron chi connectivity index (χ0n) is 12.7. The van der Waals surface area contributed by atoms with Crippen molar-refractivity contribution in [3.8, 4) is 11.5 Å². The molecule has 0 spiro atoms. The summed E-state index contributed by atoms with van der Waals surface area (Å²) < 4.78 is 11.3. The highest BCUT2D eigenvalue weighted by Gasteiger charge is 2.11. The summed E-state index contributed by atoms with van der Waals surface area (Å²) in [6.07, 6.45) is 1.03. The van der Waals surface area contributed by atoms with Crippen molar-refractivity contribution in [2.24, 2.45) is 0 Å². The lowest BCUT2D eigenvalue weighted by Crippen LogP contribution is -2.44. The minimum Gasteiger partial charge on any atom is -0.494 e. The number of ether oxygens (including phenoxy) is 2. The molecule has 0 atom stereocenters. The fourth-order valence-corrected chi connectivity index (χ4v) is 2.50. The Morgan fingerprint density at radius 1 is 1.10 bits per heavy atom. The van der Waals surface area contributed by atoms with Crippen LogP contribution in [-0.4, -0.2) is 50.8 Å². The second kappa shape index (κ2) is 8.12. The highest BCUT2D eigenvalue weighted by molar-refractivity contribution is 5.41. The van der Waals surface area contributed by atoms with Crippen LogP contribution in [0.4, 0.5) is 0 Å². The van der Waals surface area contributed by atoms with Crippen LogP contribution in [0.2, 0.25) is 0 Å². The molecular formula is C16H26N2O2. The van der Waals surface area contributed by atoms with Crippen LogP contribution in [0.15, 0.2) is 18.2 Å². The van der Waals surface area contributed by atoms with Gasteiger partial charge in [-0.05, 0) is 31.9 Å². The lowest BCUT2D eigenvalue weighted by Gasteiger charge is -2.27. The largest absolute Gasteiger partial charge is 0.494 e. The van der Waals surface area contributed by atoms with Crippen LogP contribution in [0, 0.1) is 0 Å². The van der Waals surface area contributed by atoms with Gasteiger partial charge < -0.3 is 19.7 Å². The summed E-state index contributed by atoms with van der Waals surface area (Å²) in [5.41, 5.74) is 1.27. The first kappa shape index (κ1) is 15.1. The summed E-state index contributed by atoms with van der Waals surface area (Å²) in [6, 6.07) is 6.19. The Hall–Kier alpha value is -1.26. The number of nitrogens with zero attached hydrogens (tertiary/aromatic N) is 1. The topological polar surface area (TPSA) is 33.7 Å². The van der Waals surface area contributed by atoms with Crippen LogP contribution >= 0.6 is 0 Å². The Labute approximate surface area is 122 Å². The van der Waals surface area contributed by atoms with E-state index < -0.39 is 0 Å². The highest BCUT2D eigenvalue weighted by Crippen LogP contribution is 2.25. The fourth-order valence-electron chi connectivity index (χ4n) is 2.50. The second-order valence-electron chi connectivity index (χ2n) is 4.98. The minimum atomic E-state index is 0.686. The van der Waals surface area contributed by atoms with Gasteiger partial charge in [-0.15, -0.1) is 0 Å². The lowest BCUT2D eigenvalue weighted by molar-refractivity contribution is 0.242. The summed E-state index contributed by atoms with van der Waals surface area (Å²) >= 11 is 0. The number of nitrogens with one attached hydrogen (secondary N) is 1. The molecule has 4 nitrogen and oxygen atoms in total. The van der Waals surface area contributed by atoms with Crippen molar-refractivity contribution < 1.29 is 9.47 Å². The van der Waals surface area contributed by atoms with E-state index in [0.29, 0.717) is 13.2 Å². The standard InChI is InChI=1S/C16H26N2O2/c1-3-19-15-6-5-14(16(13-15)20-4-2)7-10-18-11-8-17-9-12-18/h5-6,13,17H,3-4,7-12H2,1-2H3. The zero-order chi connectivity index (χ0) is 14.2. The van der Waals surface area contributed by atoms with Crippen molar-refractivity contribution in [1.29, 1.82) is 0 Å². The van der Waals surface area contributed by atoms with Gasteiger partial charge in [0.25, 0.3) is 0 Å². The third kappa shape index (κ3) is 4.39. The van der Waals surface area contributed by atoms with E-state index in [9.17, 15) is 0 Å². The lowest BCUT2D eigenvalue weighted by atomic mass is 10.1. The van der Waals surface area contributed by atoms with E-state index in [4.69, 9.17) is 9.47 Å². The van der Waals surface area contributed by atoms with E-state index in [1.807, 2.05) is 26.0 Å². The molecule has 112 valence electrons. The molecule has 2 rings (SSSR count). The zero-order valence-corrected chi connectivity index (χ0v) is 12.7. The maximum absolute atomic E-state index is 5.75.